The van der Waals surface area contributed by atoms with Crippen LogP contribution in [0.25, 0.3) is 0 Å². The van der Waals surface area contributed by atoms with E-state index in [1.807, 2.05) is 6.07 Å². The third kappa shape index (κ3) is 2.10. The van der Waals surface area contributed by atoms with Gasteiger partial charge in [0.15, 0.2) is 0 Å². The van der Waals surface area contributed by atoms with Crippen LogP contribution in [0.4, 0.5) is 0 Å². The second kappa shape index (κ2) is 3.78. The lowest BCUT2D eigenvalue weighted by molar-refractivity contribution is 0.962. The van der Waals surface area contributed by atoms with Crippen molar-refractivity contribution < 1.29 is 0 Å². The van der Waals surface area contributed by atoms with Crippen molar-refractivity contribution in [1.82, 2.24) is 9.97 Å². The maximum absolute atomic E-state index is 10.8. The van der Waals surface area contributed by atoms with Gasteiger partial charge in [-0.25, -0.2) is 9.78 Å². The van der Waals surface area contributed by atoms with Crippen LogP contribution in [-0.2, 0) is 0 Å². The van der Waals surface area contributed by atoms with E-state index in [-0.39, 0.29) is 4.99 Å². The Morgan fingerprint density at radius 1 is 1.85 bits per heavy atom. The van der Waals surface area contributed by atoms with E-state index in [1.54, 1.807) is 0 Å². The molecule has 0 bridgehead atoms. The molecule has 66 valence electrons. The summed E-state index contributed by atoms with van der Waals surface area (Å²) in [7, 11) is 0. The summed E-state index contributed by atoms with van der Waals surface area (Å²) in [5.41, 5.74) is 5.15. The second-order valence-electron chi connectivity index (χ2n) is 2.29. The fourth-order valence-electron chi connectivity index (χ4n) is 0.838. The summed E-state index contributed by atoms with van der Waals surface area (Å²) < 4.78 is 0. The van der Waals surface area contributed by atoms with E-state index in [1.165, 1.54) is 12.3 Å². The highest BCUT2D eigenvalue weighted by atomic mass is 32.1. The summed E-state index contributed by atoms with van der Waals surface area (Å²) >= 11 is 4.65. The largest absolute Gasteiger partial charge is 0.392 e. The van der Waals surface area contributed by atoms with E-state index in [4.69, 9.17) is 11.0 Å². The quantitative estimate of drug-likeness (QED) is 0.628. The number of H-pyrrole nitrogens is 1. The normalized spacial score (nSPS) is 11.6. The minimum absolute atomic E-state index is 0.0318. The van der Waals surface area contributed by atoms with Gasteiger partial charge in [0.25, 0.3) is 0 Å². The molecular formula is C7H6N4OS. The zero-order valence-electron chi connectivity index (χ0n) is 6.52. The smallest absolute Gasteiger partial charge is 0.345 e. The lowest BCUT2D eigenvalue weighted by Crippen LogP contribution is -2.22. The van der Waals surface area contributed by atoms with E-state index in [2.05, 4.69) is 22.2 Å². The molecule has 0 spiro atoms. The highest BCUT2D eigenvalue weighted by Crippen LogP contribution is 2.09. The van der Waals surface area contributed by atoms with Crippen LogP contribution in [0, 0.1) is 11.3 Å². The molecule has 1 aromatic rings. The minimum atomic E-state index is -0.759. The highest BCUT2D eigenvalue weighted by molar-refractivity contribution is 7.80. The average molecular weight is 194 g/mol. The maximum atomic E-state index is 10.8. The van der Waals surface area contributed by atoms with Gasteiger partial charge in [0.1, 0.15) is 5.92 Å². The van der Waals surface area contributed by atoms with Gasteiger partial charge in [-0.3, -0.25) is 0 Å². The number of nitriles is 1. The summed E-state index contributed by atoms with van der Waals surface area (Å²) in [6.45, 7) is 0. The molecule has 0 aliphatic rings. The van der Waals surface area contributed by atoms with Crippen molar-refractivity contribution in [3.05, 3.63) is 28.4 Å². The molecule has 0 saturated heterocycles. The van der Waals surface area contributed by atoms with Gasteiger partial charge in [-0.1, -0.05) is 12.2 Å². The van der Waals surface area contributed by atoms with Gasteiger partial charge >= 0.3 is 5.69 Å². The van der Waals surface area contributed by atoms with Crippen molar-refractivity contribution >= 4 is 17.2 Å². The van der Waals surface area contributed by atoms with E-state index in [0.717, 1.165) is 0 Å². The summed E-state index contributed by atoms with van der Waals surface area (Å²) in [5, 5.41) is 8.68. The molecule has 0 radical (unpaired) electrons. The summed E-state index contributed by atoms with van der Waals surface area (Å²) in [4.78, 5) is 16.6. The van der Waals surface area contributed by atoms with Crippen molar-refractivity contribution in [3.8, 4) is 6.07 Å². The van der Waals surface area contributed by atoms with Gasteiger partial charge in [-0.15, -0.1) is 0 Å². The number of hydrogen-bond acceptors (Lipinski definition) is 4. The Kier molecular flexibility index (Phi) is 2.72. The van der Waals surface area contributed by atoms with Gasteiger partial charge in [0, 0.05) is 11.9 Å². The predicted octanol–water partition coefficient (Wildman–Crippen LogP) is -0.337. The van der Waals surface area contributed by atoms with Crippen LogP contribution in [0.5, 0.6) is 0 Å². The number of hydrogen-bond donors (Lipinski definition) is 2. The van der Waals surface area contributed by atoms with Crippen LogP contribution in [0.15, 0.2) is 17.1 Å². The number of nitrogens with one attached hydrogen (secondary N) is 1. The predicted molar refractivity (Wildman–Crippen MR) is 50.0 cm³/mol. The number of thiocarbonyl (C=S) groups is 1. The Hall–Kier alpha value is -1.74. The number of nitrogens with two attached hydrogens (primary N) is 1. The van der Waals surface area contributed by atoms with Gasteiger partial charge in [-0.05, 0) is 6.07 Å². The average Bonchev–Trinajstić information content (AvgIpc) is 2.04. The van der Waals surface area contributed by atoms with Crippen molar-refractivity contribution in [2.75, 3.05) is 0 Å². The molecule has 0 saturated carbocycles. The van der Waals surface area contributed by atoms with Gasteiger partial charge < -0.3 is 10.7 Å². The first-order chi connectivity index (χ1) is 6.15. The molecule has 13 heavy (non-hydrogen) atoms. The second-order valence-corrected chi connectivity index (χ2v) is 2.77. The Labute approximate surface area is 79.2 Å². The van der Waals surface area contributed by atoms with Crippen LogP contribution >= 0.6 is 12.2 Å². The number of aromatic nitrogens is 2. The molecule has 5 nitrogen and oxygen atoms in total. The Morgan fingerprint density at radius 2 is 2.54 bits per heavy atom. The summed E-state index contributed by atoms with van der Waals surface area (Å²) in [6.07, 6.45) is 1.30. The molecule has 0 aliphatic carbocycles. The number of nitrogens with zero attached hydrogens (tertiary/aromatic N) is 2. The standard InChI is InChI=1S/C7H6N4OS/c8-3-4(6(9)13)5-1-2-10-7(12)11-5/h1-2,4H,(H2,9,13)(H,10,11,12). The molecule has 1 atom stereocenters. The van der Waals surface area contributed by atoms with E-state index in [0.29, 0.717) is 5.69 Å². The van der Waals surface area contributed by atoms with Crippen molar-refractivity contribution in [1.29, 1.82) is 5.26 Å². The minimum Gasteiger partial charge on any atom is -0.392 e. The van der Waals surface area contributed by atoms with Crippen LogP contribution in [0.1, 0.15) is 11.6 Å². The Bertz CT molecular complexity index is 419. The molecule has 0 aliphatic heterocycles. The molecule has 0 fully saturated rings. The number of aromatic amines is 1. The molecule has 0 aromatic carbocycles. The zero-order chi connectivity index (χ0) is 9.84. The molecular weight excluding hydrogens is 188 g/mol. The molecule has 6 heteroatoms. The number of rotatable bonds is 2. The molecule has 1 aromatic heterocycles. The first kappa shape index (κ1) is 9.35. The van der Waals surface area contributed by atoms with Gasteiger partial charge in [0.05, 0.1) is 11.1 Å². The van der Waals surface area contributed by atoms with Gasteiger partial charge in [0.2, 0.25) is 0 Å². The van der Waals surface area contributed by atoms with Crippen molar-refractivity contribution in [2.45, 2.75) is 5.92 Å². The SMILES string of the molecule is N#CC(C(N)=S)c1ccnc(=O)[nH]1. The first-order valence-electron chi connectivity index (χ1n) is 3.39. The molecule has 0 amide bonds. The van der Waals surface area contributed by atoms with E-state index >= 15 is 0 Å². The third-order valence-electron chi connectivity index (χ3n) is 1.42. The topological polar surface area (TPSA) is 95.6 Å². The fourth-order valence-corrected chi connectivity index (χ4v) is 1.02. The van der Waals surface area contributed by atoms with Crippen LogP contribution in [0.2, 0.25) is 0 Å². The lowest BCUT2D eigenvalue weighted by atomic mass is 10.1. The molecule has 1 heterocycles. The monoisotopic (exact) mass is 194 g/mol. The lowest BCUT2D eigenvalue weighted by Gasteiger charge is -2.04. The van der Waals surface area contributed by atoms with Crippen LogP contribution in [-0.4, -0.2) is 15.0 Å². The third-order valence-corrected chi connectivity index (χ3v) is 1.66. The summed E-state index contributed by atoms with van der Waals surface area (Å²) in [6, 6.07) is 3.38. The van der Waals surface area contributed by atoms with Gasteiger partial charge in [-0.2, -0.15) is 5.26 Å². The Balaban J connectivity index is 3.14. The zero-order valence-corrected chi connectivity index (χ0v) is 7.34. The molecule has 1 rings (SSSR count). The molecule has 1 unspecified atom stereocenters. The van der Waals surface area contributed by atoms with Crippen LogP contribution in [0.3, 0.4) is 0 Å². The van der Waals surface area contributed by atoms with Crippen molar-refractivity contribution in [3.63, 3.8) is 0 Å². The highest BCUT2D eigenvalue weighted by Gasteiger charge is 2.13. The van der Waals surface area contributed by atoms with Crippen molar-refractivity contribution in [2.24, 2.45) is 5.73 Å². The summed E-state index contributed by atoms with van der Waals surface area (Å²) in [5.74, 6) is -0.759. The Morgan fingerprint density at radius 3 is 3.00 bits per heavy atom. The van der Waals surface area contributed by atoms with E-state index < -0.39 is 11.6 Å². The fraction of sp³-hybridized carbons (Fsp3) is 0.143. The van der Waals surface area contributed by atoms with Crippen LogP contribution < -0.4 is 11.4 Å². The van der Waals surface area contributed by atoms with E-state index in [9.17, 15) is 4.79 Å². The molecule has 3 N–H and O–H groups in total. The first-order valence-corrected chi connectivity index (χ1v) is 3.80. The maximum Gasteiger partial charge on any atom is 0.345 e.